The second-order valence-corrected chi connectivity index (χ2v) is 5.01. The van der Waals surface area contributed by atoms with E-state index in [0.717, 1.165) is 12.1 Å². The first-order valence-corrected chi connectivity index (χ1v) is 6.35. The molecule has 102 valence electrons. The molecule has 20 heavy (non-hydrogen) atoms. The molecule has 0 aliphatic heterocycles. The van der Waals surface area contributed by atoms with Gasteiger partial charge in [0.15, 0.2) is 11.6 Å². The highest BCUT2D eigenvalue weighted by Crippen LogP contribution is 2.28. The molecule has 1 aromatic heterocycles. The number of halogens is 4. The van der Waals surface area contributed by atoms with Crippen molar-refractivity contribution >= 4 is 32.9 Å². The van der Waals surface area contributed by atoms with E-state index in [1.54, 1.807) is 0 Å². The molecule has 0 saturated carbocycles. The number of imidazole rings is 1. The Hall–Kier alpha value is -2.02. The Kier molecular flexibility index (Phi) is 2.93. The summed E-state index contributed by atoms with van der Waals surface area (Å²) in [7, 11) is 0. The summed E-state index contributed by atoms with van der Waals surface area (Å²) in [4.78, 5) is 4.07. The van der Waals surface area contributed by atoms with Crippen LogP contribution in [-0.2, 0) is 0 Å². The SMILES string of the molecule is Nc1nc2cc(Br)c(F)cc2n1-c1ccc(F)c(F)c1. The van der Waals surface area contributed by atoms with Crippen LogP contribution in [0.15, 0.2) is 34.8 Å². The molecule has 0 radical (unpaired) electrons. The maximum Gasteiger partial charge on any atom is 0.205 e. The third-order valence-corrected chi connectivity index (χ3v) is 3.49. The van der Waals surface area contributed by atoms with Gasteiger partial charge in [0.1, 0.15) is 5.82 Å². The number of aromatic nitrogens is 2. The Balaban J connectivity index is 2.32. The van der Waals surface area contributed by atoms with Gasteiger partial charge in [-0.2, -0.15) is 0 Å². The van der Waals surface area contributed by atoms with E-state index < -0.39 is 17.5 Å². The lowest BCUT2D eigenvalue weighted by atomic mass is 10.2. The van der Waals surface area contributed by atoms with Crippen LogP contribution in [0.4, 0.5) is 19.1 Å². The zero-order chi connectivity index (χ0) is 14.4. The number of nitrogen functional groups attached to an aromatic ring is 1. The van der Waals surface area contributed by atoms with Gasteiger partial charge in [0.2, 0.25) is 5.95 Å². The average molecular weight is 342 g/mol. The van der Waals surface area contributed by atoms with E-state index in [1.807, 2.05) is 0 Å². The van der Waals surface area contributed by atoms with Crippen molar-refractivity contribution in [2.75, 3.05) is 5.73 Å². The van der Waals surface area contributed by atoms with Crippen molar-refractivity contribution in [2.24, 2.45) is 0 Å². The zero-order valence-corrected chi connectivity index (χ0v) is 11.5. The molecule has 0 spiro atoms. The first-order valence-electron chi connectivity index (χ1n) is 5.56. The molecule has 1 heterocycles. The minimum absolute atomic E-state index is 0.0588. The van der Waals surface area contributed by atoms with Crippen molar-refractivity contribution in [3.63, 3.8) is 0 Å². The van der Waals surface area contributed by atoms with Gasteiger partial charge in [0, 0.05) is 12.1 Å². The minimum atomic E-state index is -1.01. The van der Waals surface area contributed by atoms with Gasteiger partial charge in [-0.15, -0.1) is 0 Å². The summed E-state index contributed by atoms with van der Waals surface area (Å²) in [6, 6.07) is 6.00. The lowest BCUT2D eigenvalue weighted by Gasteiger charge is -2.07. The molecular formula is C13H7BrF3N3. The molecular weight excluding hydrogens is 335 g/mol. The van der Waals surface area contributed by atoms with E-state index >= 15 is 0 Å². The van der Waals surface area contributed by atoms with Crippen molar-refractivity contribution in [1.29, 1.82) is 0 Å². The van der Waals surface area contributed by atoms with Gasteiger partial charge in [0.25, 0.3) is 0 Å². The van der Waals surface area contributed by atoms with Crippen LogP contribution in [0.25, 0.3) is 16.7 Å². The number of rotatable bonds is 1. The van der Waals surface area contributed by atoms with Gasteiger partial charge in [-0.05, 0) is 34.1 Å². The normalized spacial score (nSPS) is 11.2. The Morgan fingerprint density at radius 1 is 1.00 bits per heavy atom. The fourth-order valence-electron chi connectivity index (χ4n) is 1.99. The van der Waals surface area contributed by atoms with Crippen LogP contribution in [0.5, 0.6) is 0 Å². The number of anilines is 1. The summed E-state index contributed by atoms with van der Waals surface area (Å²) in [5.41, 5.74) is 6.86. The fraction of sp³-hybridized carbons (Fsp3) is 0. The van der Waals surface area contributed by atoms with Gasteiger partial charge < -0.3 is 5.73 Å². The van der Waals surface area contributed by atoms with Gasteiger partial charge >= 0.3 is 0 Å². The van der Waals surface area contributed by atoms with E-state index in [0.29, 0.717) is 11.0 Å². The van der Waals surface area contributed by atoms with E-state index in [1.165, 1.54) is 22.8 Å². The van der Waals surface area contributed by atoms with E-state index in [4.69, 9.17) is 5.73 Å². The molecule has 2 aromatic carbocycles. The molecule has 0 unspecified atom stereocenters. The Labute approximate surface area is 120 Å². The van der Waals surface area contributed by atoms with E-state index in [9.17, 15) is 13.2 Å². The third-order valence-electron chi connectivity index (χ3n) is 2.88. The summed E-state index contributed by atoms with van der Waals surface area (Å²) in [6.45, 7) is 0. The third kappa shape index (κ3) is 1.94. The highest BCUT2D eigenvalue weighted by Gasteiger charge is 2.14. The van der Waals surface area contributed by atoms with Crippen molar-refractivity contribution in [2.45, 2.75) is 0 Å². The quantitative estimate of drug-likeness (QED) is 0.731. The number of hydrogen-bond donors (Lipinski definition) is 1. The molecule has 0 fully saturated rings. The number of hydrogen-bond acceptors (Lipinski definition) is 2. The van der Waals surface area contributed by atoms with Crippen molar-refractivity contribution in [3.05, 3.63) is 52.3 Å². The lowest BCUT2D eigenvalue weighted by molar-refractivity contribution is 0.508. The highest BCUT2D eigenvalue weighted by molar-refractivity contribution is 9.10. The minimum Gasteiger partial charge on any atom is -0.369 e. The average Bonchev–Trinajstić information content (AvgIpc) is 2.69. The summed E-state index contributed by atoms with van der Waals surface area (Å²) < 4.78 is 41.5. The van der Waals surface area contributed by atoms with Crippen molar-refractivity contribution < 1.29 is 13.2 Å². The summed E-state index contributed by atoms with van der Waals surface area (Å²) in [5, 5.41) is 0. The molecule has 0 aliphatic carbocycles. The lowest BCUT2D eigenvalue weighted by Crippen LogP contribution is -2.01. The summed E-state index contributed by atoms with van der Waals surface area (Å²) in [5.74, 6) is -2.42. The Morgan fingerprint density at radius 3 is 2.45 bits per heavy atom. The maximum absolute atomic E-state index is 13.6. The smallest absolute Gasteiger partial charge is 0.205 e. The van der Waals surface area contributed by atoms with Crippen LogP contribution < -0.4 is 5.73 Å². The van der Waals surface area contributed by atoms with Crippen molar-refractivity contribution in [1.82, 2.24) is 9.55 Å². The van der Waals surface area contributed by atoms with Crippen LogP contribution in [0.2, 0.25) is 0 Å². The molecule has 3 rings (SSSR count). The van der Waals surface area contributed by atoms with Crippen LogP contribution in [0, 0.1) is 17.5 Å². The molecule has 0 saturated heterocycles. The monoisotopic (exact) mass is 341 g/mol. The van der Waals surface area contributed by atoms with Crippen LogP contribution in [-0.4, -0.2) is 9.55 Å². The van der Waals surface area contributed by atoms with Gasteiger partial charge in [0.05, 0.1) is 21.2 Å². The Morgan fingerprint density at radius 2 is 1.75 bits per heavy atom. The molecule has 3 nitrogen and oxygen atoms in total. The van der Waals surface area contributed by atoms with Gasteiger partial charge in [-0.3, -0.25) is 4.57 Å². The molecule has 0 amide bonds. The number of nitrogens with zero attached hydrogens (tertiary/aromatic N) is 2. The van der Waals surface area contributed by atoms with Gasteiger partial charge in [-0.25, -0.2) is 18.2 Å². The maximum atomic E-state index is 13.6. The fourth-order valence-corrected chi connectivity index (χ4v) is 2.32. The summed E-state index contributed by atoms with van der Waals surface area (Å²) in [6.07, 6.45) is 0. The molecule has 0 aliphatic rings. The summed E-state index contributed by atoms with van der Waals surface area (Å²) >= 11 is 3.05. The number of nitrogens with two attached hydrogens (primary N) is 1. The Bertz CT molecular complexity index is 829. The number of benzene rings is 2. The van der Waals surface area contributed by atoms with Crippen molar-refractivity contribution in [3.8, 4) is 5.69 Å². The van der Waals surface area contributed by atoms with Crippen LogP contribution in [0.1, 0.15) is 0 Å². The first kappa shape index (κ1) is 13.0. The second kappa shape index (κ2) is 4.52. The first-order chi connectivity index (χ1) is 9.47. The van der Waals surface area contributed by atoms with E-state index in [2.05, 4.69) is 20.9 Å². The van der Waals surface area contributed by atoms with Crippen LogP contribution >= 0.6 is 15.9 Å². The zero-order valence-electron chi connectivity index (χ0n) is 9.87. The molecule has 0 bridgehead atoms. The molecule has 3 aromatic rings. The van der Waals surface area contributed by atoms with E-state index in [-0.39, 0.29) is 16.1 Å². The topological polar surface area (TPSA) is 43.8 Å². The predicted octanol–water partition coefficient (Wildman–Crippen LogP) is 3.79. The number of fused-ring (bicyclic) bond motifs is 1. The second-order valence-electron chi connectivity index (χ2n) is 4.16. The largest absolute Gasteiger partial charge is 0.369 e. The predicted molar refractivity (Wildman–Crippen MR) is 73.1 cm³/mol. The standard InChI is InChI=1S/C13H7BrF3N3/c14-7-4-11-12(5-9(7)16)20(13(18)19-11)6-1-2-8(15)10(17)3-6/h1-5H,(H2,18,19). The highest BCUT2D eigenvalue weighted by atomic mass is 79.9. The molecule has 7 heteroatoms. The molecule has 2 N–H and O–H groups in total. The molecule has 0 atom stereocenters. The van der Waals surface area contributed by atoms with Gasteiger partial charge in [-0.1, -0.05) is 0 Å². The van der Waals surface area contributed by atoms with Crippen LogP contribution in [0.3, 0.4) is 0 Å².